The molecule has 0 aliphatic rings. The van der Waals surface area contributed by atoms with Crippen LogP contribution in [0.15, 0.2) is 22.7 Å². The third-order valence-electron chi connectivity index (χ3n) is 1.74. The second-order valence-corrected chi connectivity index (χ2v) is 6.29. The van der Waals surface area contributed by atoms with Gasteiger partial charge in [-0.15, -0.1) is 0 Å². The summed E-state index contributed by atoms with van der Waals surface area (Å²) in [6, 6.07) is 3.21. The van der Waals surface area contributed by atoms with E-state index in [0.29, 0.717) is 21.5 Å². The van der Waals surface area contributed by atoms with Gasteiger partial charge in [-0.1, -0.05) is 46.4 Å². The first kappa shape index (κ1) is 16.3. The molecule has 2 nitrogen and oxygen atoms in total. The van der Waals surface area contributed by atoms with Gasteiger partial charge in [0.25, 0.3) is 0 Å². The van der Waals surface area contributed by atoms with Crippen LogP contribution in [0.25, 0.3) is 0 Å². The Morgan fingerprint density at radius 2 is 1.89 bits per heavy atom. The van der Waals surface area contributed by atoms with Crippen LogP contribution in [0, 0.1) is 0 Å². The molecule has 1 aromatic carbocycles. The summed E-state index contributed by atoms with van der Waals surface area (Å²) in [4.78, 5) is 0. The highest BCUT2D eigenvalue weighted by atomic mass is 79.9. The molecule has 0 aliphatic heterocycles. The fraction of sp³-hybridized carbons (Fsp3) is 0.273. The molecule has 0 aliphatic carbocycles. The average molecular weight is 395 g/mol. The molecule has 0 heterocycles. The van der Waals surface area contributed by atoms with E-state index < -0.39 is 0 Å². The van der Waals surface area contributed by atoms with Gasteiger partial charge in [0.2, 0.25) is 0 Å². The molecular weight excluding hydrogens is 386 g/mol. The van der Waals surface area contributed by atoms with E-state index in [-0.39, 0.29) is 16.1 Å². The number of ether oxygens (including phenoxy) is 2. The van der Waals surface area contributed by atoms with E-state index in [4.69, 9.17) is 55.9 Å². The van der Waals surface area contributed by atoms with E-state index in [0.717, 1.165) is 0 Å². The largest absolute Gasteiger partial charge is 0.489 e. The summed E-state index contributed by atoms with van der Waals surface area (Å²) in [7, 11) is 0. The molecule has 0 N–H and O–H groups in total. The SMILES string of the molecule is CC(Br)Oc1c(Cl)cc(OCC=C(Cl)Cl)cc1Cl. The molecule has 0 saturated heterocycles. The molecule has 0 fully saturated rings. The Morgan fingerprint density at radius 3 is 2.33 bits per heavy atom. The zero-order valence-corrected chi connectivity index (χ0v) is 13.8. The highest BCUT2D eigenvalue weighted by Crippen LogP contribution is 2.37. The fourth-order valence-corrected chi connectivity index (χ4v) is 1.96. The Morgan fingerprint density at radius 1 is 1.33 bits per heavy atom. The van der Waals surface area contributed by atoms with E-state index in [1.54, 1.807) is 12.1 Å². The molecule has 0 saturated carbocycles. The predicted octanol–water partition coefficient (Wildman–Crippen LogP) is 5.81. The minimum Gasteiger partial charge on any atom is -0.489 e. The molecule has 18 heavy (non-hydrogen) atoms. The van der Waals surface area contributed by atoms with Crippen LogP contribution in [0.3, 0.4) is 0 Å². The quantitative estimate of drug-likeness (QED) is 0.586. The lowest BCUT2D eigenvalue weighted by Gasteiger charge is -2.13. The first-order chi connectivity index (χ1) is 8.40. The van der Waals surface area contributed by atoms with Crippen molar-refractivity contribution in [3.05, 3.63) is 32.7 Å². The van der Waals surface area contributed by atoms with Gasteiger partial charge >= 0.3 is 0 Å². The second-order valence-electron chi connectivity index (χ2n) is 3.18. The Kier molecular flexibility index (Phi) is 6.96. The van der Waals surface area contributed by atoms with Crippen LogP contribution in [-0.2, 0) is 0 Å². The van der Waals surface area contributed by atoms with Crippen molar-refractivity contribution in [2.24, 2.45) is 0 Å². The number of rotatable bonds is 5. The number of alkyl halides is 1. The molecule has 1 aromatic rings. The molecule has 0 radical (unpaired) electrons. The van der Waals surface area contributed by atoms with Crippen molar-refractivity contribution < 1.29 is 9.47 Å². The third kappa shape index (κ3) is 5.45. The maximum atomic E-state index is 6.04. The highest BCUT2D eigenvalue weighted by Gasteiger charge is 2.12. The van der Waals surface area contributed by atoms with Gasteiger partial charge in [-0.05, 0) is 28.9 Å². The zero-order chi connectivity index (χ0) is 13.7. The summed E-state index contributed by atoms with van der Waals surface area (Å²) in [6.07, 6.45) is 1.51. The Hall–Kier alpha value is 0.200. The number of benzene rings is 1. The normalized spacial score (nSPS) is 11.9. The zero-order valence-electron chi connectivity index (χ0n) is 9.22. The molecular formula is C11H9BrCl4O2. The molecule has 7 heteroatoms. The molecule has 100 valence electrons. The van der Waals surface area contributed by atoms with Gasteiger partial charge in [-0.3, -0.25) is 0 Å². The number of halogens is 5. The molecule has 0 aromatic heterocycles. The van der Waals surface area contributed by atoms with Crippen molar-refractivity contribution in [3.8, 4) is 11.5 Å². The van der Waals surface area contributed by atoms with Crippen molar-refractivity contribution in [3.63, 3.8) is 0 Å². The van der Waals surface area contributed by atoms with Crippen LogP contribution < -0.4 is 9.47 Å². The minimum absolute atomic E-state index is 0.139. The highest BCUT2D eigenvalue weighted by molar-refractivity contribution is 9.09. The second kappa shape index (κ2) is 7.71. The summed E-state index contributed by atoms with van der Waals surface area (Å²) in [5.74, 6) is 0.909. The van der Waals surface area contributed by atoms with E-state index in [9.17, 15) is 0 Å². The van der Waals surface area contributed by atoms with E-state index in [2.05, 4.69) is 15.9 Å². The maximum Gasteiger partial charge on any atom is 0.158 e. The Bertz CT molecular complexity index is 422. The van der Waals surface area contributed by atoms with Crippen molar-refractivity contribution in [2.75, 3.05) is 6.61 Å². The molecule has 0 amide bonds. The smallest absolute Gasteiger partial charge is 0.158 e. The third-order valence-corrected chi connectivity index (χ3v) is 2.80. The van der Waals surface area contributed by atoms with Gasteiger partial charge in [0.15, 0.2) is 10.8 Å². The molecule has 0 bridgehead atoms. The molecule has 1 atom stereocenters. The van der Waals surface area contributed by atoms with Crippen LogP contribution >= 0.6 is 62.3 Å². The van der Waals surface area contributed by atoms with Gasteiger partial charge in [-0.2, -0.15) is 0 Å². The summed E-state index contributed by atoms with van der Waals surface area (Å²) < 4.78 is 10.9. The summed E-state index contributed by atoms with van der Waals surface area (Å²) in [5, 5.41) is 0.534. The van der Waals surface area contributed by atoms with Crippen molar-refractivity contribution in [1.29, 1.82) is 0 Å². The van der Waals surface area contributed by atoms with Crippen LogP contribution in [-0.4, -0.2) is 11.6 Å². The number of hydrogen-bond donors (Lipinski definition) is 0. The van der Waals surface area contributed by atoms with Crippen molar-refractivity contribution in [2.45, 2.75) is 11.9 Å². The lowest BCUT2D eigenvalue weighted by atomic mass is 10.3. The monoisotopic (exact) mass is 392 g/mol. The van der Waals surface area contributed by atoms with Gasteiger partial charge in [-0.25, -0.2) is 0 Å². The van der Waals surface area contributed by atoms with Gasteiger partial charge in [0.05, 0.1) is 10.0 Å². The minimum atomic E-state index is -0.197. The molecule has 1 rings (SSSR count). The van der Waals surface area contributed by atoms with Crippen LogP contribution in [0.5, 0.6) is 11.5 Å². The number of hydrogen-bond acceptors (Lipinski definition) is 2. The lowest BCUT2D eigenvalue weighted by molar-refractivity contribution is 0.313. The predicted molar refractivity (Wildman–Crippen MR) is 80.8 cm³/mol. The van der Waals surface area contributed by atoms with Gasteiger partial charge in [0, 0.05) is 12.1 Å². The van der Waals surface area contributed by atoms with Crippen molar-refractivity contribution >= 4 is 62.3 Å². The van der Waals surface area contributed by atoms with E-state index >= 15 is 0 Å². The van der Waals surface area contributed by atoms with Gasteiger partial charge in [0.1, 0.15) is 16.8 Å². The summed E-state index contributed by atoms with van der Waals surface area (Å²) in [5.41, 5.74) is 0. The summed E-state index contributed by atoms with van der Waals surface area (Å²) >= 11 is 26.2. The molecule has 0 spiro atoms. The first-order valence-electron chi connectivity index (χ1n) is 4.84. The van der Waals surface area contributed by atoms with Crippen LogP contribution in [0.4, 0.5) is 0 Å². The lowest BCUT2D eigenvalue weighted by Crippen LogP contribution is -2.03. The van der Waals surface area contributed by atoms with E-state index in [1.807, 2.05) is 6.92 Å². The summed E-state index contributed by atoms with van der Waals surface area (Å²) in [6.45, 7) is 2.04. The Balaban J connectivity index is 2.82. The average Bonchev–Trinajstić information content (AvgIpc) is 2.22. The standard InChI is InChI=1S/C11H9BrCl4O2/c1-6(12)18-11-8(13)4-7(5-9(11)14)17-3-2-10(15)16/h2,4-6H,3H2,1H3. The van der Waals surface area contributed by atoms with Crippen LogP contribution in [0.2, 0.25) is 10.0 Å². The van der Waals surface area contributed by atoms with Crippen LogP contribution in [0.1, 0.15) is 6.92 Å². The topological polar surface area (TPSA) is 18.5 Å². The fourth-order valence-electron chi connectivity index (χ4n) is 1.10. The maximum absolute atomic E-state index is 6.04. The van der Waals surface area contributed by atoms with Gasteiger partial charge < -0.3 is 9.47 Å². The van der Waals surface area contributed by atoms with Crippen molar-refractivity contribution in [1.82, 2.24) is 0 Å². The first-order valence-corrected chi connectivity index (χ1v) is 7.26. The Labute approximate surface area is 134 Å². The molecule has 1 unspecified atom stereocenters. The van der Waals surface area contributed by atoms with E-state index in [1.165, 1.54) is 6.08 Å².